The van der Waals surface area contributed by atoms with Crippen molar-refractivity contribution < 1.29 is 4.74 Å². The van der Waals surface area contributed by atoms with E-state index in [1.54, 1.807) is 4.68 Å². The largest absolute Gasteiger partial charge is 0.423 e. The molecule has 6 heteroatoms. The third-order valence-corrected chi connectivity index (χ3v) is 3.13. The summed E-state index contributed by atoms with van der Waals surface area (Å²) in [5.74, 6) is 0.699. The number of nitrogens with zero attached hydrogens (tertiary/aromatic N) is 4. The van der Waals surface area contributed by atoms with Gasteiger partial charge in [-0.15, -0.1) is 0 Å². The van der Waals surface area contributed by atoms with E-state index in [1.807, 2.05) is 55.5 Å². The Labute approximate surface area is 122 Å². The summed E-state index contributed by atoms with van der Waals surface area (Å²) in [6.45, 7) is 2.42. The molecule has 0 aliphatic rings. The average molecular weight is 281 g/mol. The van der Waals surface area contributed by atoms with Crippen LogP contribution in [-0.4, -0.2) is 20.2 Å². The zero-order valence-corrected chi connectivity index (χ0v) is 11.6. The number of ether oxygens (including phenoxy) is 1. The van der Waals surface area contributed by atoms with Gasteiger partial charge in [0.1, 0.15) is 5.75 Å². The van der Waals surface area contributed by atoms with E-state index in [-0.39, 0.29) is 0 Å². The van der Waals surface area contributed by atoms with Crippen molar-refractivity contribution in [2.24, 2.45) is 5.73 Å². The van der Waals surface area contributed by atoms with Gasteiger partial charge < -0.3 is 10.5 Å². The van der Waals surface area contributed by atoms with Crippen molar-refractivity contribution >= 4 is 0 Å². The van der Waals surface area contributed by atoms with Crippen molar-refractivity contribution in [3.8, 4) is 17.4 Å². The van der Waals surface area contributed by atoms with Gasteiger partial charge in [-0.3, -0.25) is 0 Å². The summed E-state index contributed by atoms with van der Waals surface area (Å²) < 4.78 is 7.40. The lowest BCUT2D eigenvalue weighted by atomic mass is 10.1. The van der Waals surface area contributed by atoms with Gasteiger partial charge in [0.05, 0.1) is 5.69 Å². The standard InChI is InChI=1S/C15H15N5O/c1-11-7-8-12(10-16)9-14(11)21-15-17-18-19-20(15)13-5-3-2-4-6-13/h2-9H,10,16H2,1H3. The smallest absolute Gasteiger partial charge is 0.345 e. The number of aromatic nitrogens is 4. The summed E-state index contributed by atoms with van der Waals surface area (Å²) in [5.41, 5.74) is 8.49. The molecule has 2 N–H and O–H groups in total. The molecule has 0 fully saturated rings. The van der Waals surface area contributed by atoms with Crippen LogP contribution in [0.25, 0.3) is 5.69 Å². The highest BCUT2D eigenvalue weighted by Crippen LogP contribution is 2.25. The molecule has 0 saturated carbocycles. The molecule has 2 aromatic carbocycles. The third-order valence-electron chi connectivity index (χ3n) is 3.13. The summed E-state index contributed by atoms with van der Waals surface area (Å²) in [6.07, 6.45) is 0. The SMILES string of the molecule is Cc1ccc(CN)cc1Oc1nnnn1-c1ccccc1. The van der Waals surface area contributed by atoms with Crippen molar-refractivity contribution in [3.05, 3.63) is 59.7 Å². The Balaban J connectivity index is 1.95. The molecule has 0 spiro atoms. The van der Waals surface area contributed by atoms with E-state index in [4.69, 9.17) is 10.5 Å². The first-order valence-electron chi connectivity index (χ1n) is 6.59. The molecule has 3 aromatic rings. The van der Waals surface area contributed by atoms with Crippen LogP contribution in [0.5, 0.6) is 11.8 Å². The van der Waals surface area contributed by atoms with Gasteiger partial charge in [0.15, 0.2) is 0 Å². The number of benzene rings is 2. The molecular weight excluding hydrogens is 266 g/mol. The topological polar surface area (TPSA) is 78.8 Å². The number of hydrogen-bond acceptors (Lipinski definition) is 5. The van der Waals surface area contributed by atoms with Crippen LogP contribution in [0.3, 0.4) is 0 Å². The minimum Gasteiger partial charge on any atom is -0.423 e. The van der Waals surface area contributed by atoms with Crippen LogP contribution in [0.1, 0.15) is 11.1 Å². The van der Waals surface area contributed by atoms with Gasteiger partial charge in [-0.25, -0.2) is 0 Å². The Morgan fingerprint density at radius 1 is 1.14 bits per heavy atom. The molecule has 0 atom stereocenters. The fraction of sp³-hybridized carbons (Fsp3) is 0.133. The summed E-state index contributed by atoms with van der Waals surface area (Å²) in [5, 5.41) is 11.6. The van der Waals surface area contributed by atoms with Crippen LogP contribution in [0.4, 0.5) is 0 Å². The van der Waals surface area contributed by atoms with E-state index in [2.05, 4.69) is 15.5 Å². The highest BCUT2D eigenvalue weighted by Gasteiger charge is 2.12. The van der Waals surface area contributed by atoms with E-state index >= 15 is 0 Å². The molecule has 0 aliphatic heterocycles. The van der Waals surface area contributed by atoms with Gasteiger partial charge >= 0.3 is 6.01 Å². The fourth-order valence-electron chi connectivity index (χ4n) is 1.95. The van der Waals surface area contributed by atoms with Gasteiger partial charge in [0, 0.05) is 6.54 Å². The summed E-state index contributed by atoms with van der Waals surface area (Å²) >= 11 is 0. The first-order chi connectivity index (χ1) is 10.3. The molecule has 106 valence electrons. The molecular formula is C15H15N5O. The Morgan fingerprint density at radius 3 is 2.71 bits per heavy atom. The highest BCUT2D eigenvalue weighted by atomic mass is 16.5. The van der Waals surface area contributed by atoms with E-state index in [0.717, 1.165) is 16.8 Å². The lowest BCUT2D eigenvalue weighted by molar-refractivity contribution is 0.424. The lowest BCUT2D eigenvalue weighted by Gasteiger charge is -2.09. The first-order valence-corrected chi connectivity index (χ1v) is 6.59. The first kappa shape index (κ1) is 13.3. The molecule has 0 bridgehead atoms. The van der Waals surface area contributed by atoms with Crippen LogP contribution < -0.4 is 10.5 Å². The maximum atomic E-state index is 5.85. The van der Waals surface area contributed by atoms with E-state index < -0.39 is 0 Å². The molecule has 0 amide bonds. The molecule has 0 radical (unpaired) electrons. The van der Waals surface area contributed by atoms with E-state index in [0.29, 0.717) is 18.3 Å². The Morgan fingerprint density at radius 2 is 1.95 bits per heavy atom. The second-order valence-electron chi connectivity index (χ2n) is 4.61. The van der Waals surface area contributed by atoms with Gasteiger partial charge in [-0.05, 0) is 46.7 Å². The third kappa shape index (κ3) is 2.75. The minimum atomic E-state index is 0.318. The number of nitrogens with two attached hydrogens (primary N) is 1. The average Bonchev–Trinajstić information content (AvgIpc) is 2.98. The van der Waals surface area contributed by atoms with Gasteiger partial charge in [0.25, 0.3) is 0 Å². The zero-order valence-electron chi connectivity index (χ0n) is 11.6. The Hall–Kier alpha value is -2.73. The van der Waals surface area contributed by atoms with Gasteiger partial charge in [-0.2, -0.15) is 4.68 Å². The van der Waals surface area contributed by atoms with Crippen molar-refractivity contribution in [2.45, 2.75) is 13.5 Å². The maximum absolute atomic E-state index is 5.85. The van der Waals surface area contributed by atoms with Crippen LogP contribution in [-0.2, 0) is 6.54 Å². The fourth-order valence-corrected chi connectivity index (χ4v) is 1.95. The molecule has 21 heavy (non-hydrogen) atoms. The monoisotopic (exact) mass is 281 g/mol. The van der Waals surface area contributed by atoms with Crippen molar-refractivity contribution in [1.82, 2.24) is 20.2 Å². The second-order valence-corrected chi connectivity index (χ2v) is 4.61. The van der Waals surface area contributed by atoms with E-state index in [1.165, 1.54) is 0 Å². The highest BCUT2D eigenvalue weighted by molar-refractivity contribution is 5.39. The predicted octanol–water partition coefficient (Wildman–Crippen LogP) is 2.22. The number of tetrazole rings is 1. The summed E-state index contributed by atoms with van der Waals surface area (Å²) in [7, 11) is 0. The normalized spacial score (nSPS) is 10.6. The number of aryl methyl sites for hydroxylation is 1. The van der Waals surface area contributed by atoms with Crippen molar-refractivity contribution in [3.63, 3.8) is 0 Å². The minimum absolute atomic E-state index is 0.318. The molecule has 6 nitrogen and oxygen atoms in total. The van der Waals surface area contributed by atoms with Gasteiger partial charge in [-0.1, -0.05) is 35.4 Å². The van der Waals surface area contributed by atoms with E-state index in [9.17, 15) is 0 Å². The molecule has 1 heterocycles. The second kappa shape index (κ2) is 5.72. The molecule has 3 rings (SSSR count). The summed E-state index contributed by atoms with van der Waals surface area (Å²) in [4.78, 5) is 0. The zero-order chi connectivity index (χ0) is 14.7. The number of para-hydroxylation sites is 1. The van der Waals surface area contributed by atoms with Gasteiger partial charge in [0.2, 0.25) is 0 Å². The predicted molar refractivity (Wildman–Crippen MR) is 78.3 cm³/mol. The lowest BCUT2D eigenvalue weighted by Crippen LogP contribution is -2.02. The van der Waals surface area contributed by atoms with Crippen molar-refractivity contribution in [1.29, 1.82) is 0 Å². The number of rotatable bonds is 4. The van der Waals surface area contributed by atoms with Crippen molar-refractivity contribution in [2.75, 3.05) is 0 Å². The Bertz CT molecular complexity index is 739. The maximum Gasteiger partial charge on any atom is 0.345 e. The molecule has 1 aromatic heterocycles. The summed E-state index contributed by atoms with van der Waals surface area (Å²) in [6, 6.07) is 15.7. The molecule has 0 aliphatic carbocycles. The quantitative estimate of drug-likeness (QED) is 0.793. The molecule has 0 saturated heterocycles. The van der Waals surface area contributed by atoms with Crippen LogP contribution >= 0.6 is 0 Å². The Kier molecular flexibility index (Phi) is 3.61. The van der Waals surface area contributed by atoms with Crippen LogP contribution in [0, 0.1) is 6.92 Å². The molecule has 0 unspecified atom stereocenters. The number of hydrogen-bond donors (Lipinski definition) is 1. The van der Waals surface area contributed by atoms with Crippen LogP contribution in [0.2, 0.25) is 0 Å². The van der Waals surface area contributed by atoms with Crippen LogP contribution in [0.15, 0.2) is 48.5 Å².